The van der Waals surface area contributed by atoms with Crippen molar-refractivity contribution in [3.05, 3.63) is 34.6 Å². The number of halogens is 1. The first-order valence-corrected chi connectivity index (χ1v) is 4.34. The van der Waals surface area contributed by atoms with Gasteiger partial charge in [-0.1, -0.05) is 0 Å². The van der Waals surface area contributed by atoms with E-state index in [4.69, 9.17) is 5.11 Å². The number of rotatable bonds is 1. The molecule has 2 heterocycles. The van der Waals surface area contributed by atoms with Crippen LogP contribution in [0, 0.1) is 0 Å². The smallest absolute Gasteiger partial charge is 0.337 e. The van der Waals surface area contributed by atoms with E-state index in [1.807, 2.05) is 0 Å². The van der Waals surface area contributed by atoms with Crippen molar-refractivity contribution in [2.24, 2.45) is 0 Å². The predicted octanol–water partition coefficient (Wildman–Crippen LogP) is 1.79. The lowest BCUT2D eigenvalue weighted by molar-refractivity contribution is 0.0698. The largest absolute Gasteiger partial charge is 0.478 e. The Bertz CT molecular complexity index is 478. The number of aromatic nitrogens is 2. The van der Waals surface area contributed by atoms with Gasteiger partial charge in [0.25, 0.3) is 0 Å². The molecule has 5 heteroatoms. The van der Waals surface area contributed by atoms with Crippen molar-refractivity contribution in [3.8, 4) is 0 Å². The van der Waals surface area contributed by atoms with E-state index >= 15 is 0 Å². The maximum atomic E-state index is 10.8. The third-order valence-electron chi connectivity index (χ3n) is 1.70. The molecule has 0 saturated heterocycles. The lowest BCUT2D eigenvalue weighted by Crippen LogP contribution is -2.00. The summed E-state index contributed by atoms with van der Waals surface area (Å²) in [6.45, 7) is 0. The van der Waals surface area contributed by atoms with Gasteiger partial charge in [0, 0.05) is 10.7 Å². The Kier molecular flexibility index (Phi) is 1.81. The van der Waals surface area contributed by atoms with Gasteiger partial charge in [0.2, 0.25) is 0 Å². The molecule has 0 radical (unpaired) electrons. The third kappa shape index (κ3) is 1.31. The summed E-state index contributed by atoms with van der Waals surface area (Å²) in [5.41, 5.74) is 0.836. The molecule has 13 heavy (non-hydrogen) atoms. The van der Waals surface area contributed by atoms with Crippen molar-refractivity contribution >= 4 is 27.4 Å². The number of aromatic carboxylic acids is 1. The van der Waals surface area contributed by atoms with E-state index in [0.717, 1.165) is 0 Å². The summed E-state index contributed by atoms with van der Waals surface area (Å²) in [7, 11) is 0. The summed E-state index contributed by atoms with van der Waals surface area (Å²) < 4.78 is 2.22. The summed E-state index contributed by atoms with van der Waals surface area (Å²) in [6.07, 6.45) is 3.27. The number of fused-ring (bicyclic) bond motifs is 1. The SMILES string of the molecule is O=C(O)c1cc(Br)cn2nccc12. The highest BCUT2D eigenvalue weighted by Gasteiger charge is 2.09. The predicted molar refractivity (Wildman–Crippen MR) is 49.9 cm³/mol. The van der Waals surface area contributed by atoms with Gasteiger partial charge >= 0.3 is 5.97 Å². The summed E-state index contributed by atoms with van der Waals surface area (Å²) in [5.74, 6) is -0.952. The van der Waals surface area contributed by atoms with Gasteiger partial charge in [0.05, 0.1) is 17.3 Å². The summed E-state index contributed by atoms with van der Waals surface area (Å²) >= 11 is 3.21. The Labute approximate surface area is 81.9 Å². The van der Waals surface area contributed by atoms with Gasteiger partial charge in [-0.05, 0) is 28.1 Å². The molecule has 0 unspecified atom stereocenters. The lowest BCUT2D eigenvalue weighted by atomic mass is 10.2. The maximum Gasteiger partial charge on any atom is 0.337 e. The molecule has 0 atom stereocenters. The van der Waals surface area contributed by atoms with Gasteiger partial charge in [-0.2, -0.15) is 5.10 Å². The number of pyridine rings is 1. The second kappa shape index (κ2) is 2.85. The van der Waals surface area contributed by atoms with Crippen LogP contribution in [0.25, 0.3) is 5.52 Å². The Morgan fingerprint density at radius 1 is 1.62 bits per heavy atom. The highest BCUT2D eigenvalue weighted by Crippen LogP contribution is 2.17. The molecule has 0 fully saturated rings. The van der Waals surface area contributed by atoms with E-state index in [1.165, 1.54) is 4.52 Å². The molecule has 1 N–H and O–H groups in total. The molecular weight excluding hydrogens is 236 g/mol. The molecule has 0 amide bonds. The molecule has 0 bridgehead atoms. The zero-order chi connectivity index (χ0) is 9.42. The van der Waals surface area contributed by atoms with Crippen LogP contribution in [0.4, 0.5) is 0 Å². The summed E-state index contributed by atoms with van der Waals surface area (Å²) in [5, 5.41) is 12.8. The molecule has 2 aromatic heterocycles. The van der Waals surface area contributed by atoms with E-state index in [-0.39, 0.29) is 5.56 Å². The van der Waals surface area contributed by atoms with Gasteiger partial charge in [0.15, 0.2) is 0 Å². The first-order chi connectivity index (χ1) is 6.18. The number of carboxylic acids is 1. The fourth-order valence-electron chi connectivity index (χ4n) is 1.17. The molecule has 0 aromatic carbocycles. The number of carboxylic acid groups (broad SMARTS) is 1. The fraction of sp³-hybridized carbons (Fsp3) is 0. The minimum Gasteiger partial charge on any atom is -0.478 e. The fourth-order valence-corrected chi connectivity index (χ4v) is 1.59. The quantitative estimate of drug-likeness (QED) is 0.828. The molecule has 2 aromatic rings. The molecule has 0 aliphatic heterocycles. The Morgan fingerprint density at radius 3 is 3.08 bits per heavy atom. The molecular formula is C8H5BrN2O2. The van der Waals surface area contributed by atoms with Gasteiger partial charge in [0.1, 0.15) is 0 Å². The number of nitrogens with zero attached hydrogens (tertiary/aromatic N) is 2. The average Bonchev–Trinajstić information content (AvgIpc) is 2.49. The van der Waals surface area contributed by atoms with Crippen LogP contribution in [0.3, 0.4) is 0 Å². The summed E-state index contributed by atoms with van der Waals surface area (Å²) in [4.78, 5) is 10.8. The lowest BCUT2D eigenvalue weighted by Gasteiger charge is -1.99. The highest BCUT2D eigenvalue weighted by molar-refractivity contribution is 9.10. The van der Waals surface area contributed by atoms with Crippen LogP contribution in [0.5, 0.6) is 0 Å². The monoisotopic (exact) mass is 240 g/mol. The Balaban J connectivity index is 2.84. The average molecular weight is 241 g/mol. The minimum atomic E-state index is -0.952. The molecule has 66 valence electrons. The number of hydrogen-bond acceptors (Lipinski definition) is 2. The van der Waals surface area contributed by atoms with Gasteiger partial charge in [-0.3, -0.25) is 0 Å². The second-order valence-electron chi connectivity index (χ2n) is 2.54. The van der Waals surface area contributed by atoms with E-state index in [1.54, 1.807) is 24.5 Å². The molecule has 0 aliphatic rings. The van der Waals surface area contributed by atoms with Crippen LogP contribution in [0.2, 0.25) is 0 Å². The first kappa shape index (κ1) is 8.25. The van der Waals surface area contributed by atoms with E-state index in [9.17, 15) is 4.79 Å². The number of hydrogen-bond donors (Lipinski definition) is 1. The van der Waals surface area contributed by atoms with Crippen molar-refractivity contribution in [1.82, 2.24) is 9.61 Å². The zero-order valence-corrected chi connectivity index (χ0v) is 8.02. The Morgan fingerprint density at radius 2 is 2.38 bits per heavy atom. The molecule has 0 spiro atoms. The molecule has 4 nitrogen and oxygen atoms in total. The first-order valence-electron chi connectivity index (χ1n) is 3.54. The standard InChI is InChI=1S/C8H5BrN2O2/c9-5-3-6(8(12)13)7-1-2-10-11(7)4-5/h1-4H,(H,12,13). The van der Waals surface area contributed by atoms with E-state index in [0.29, 0.717) is 9.99 Å². The topological polar surface area (TPSA) is 54.6 Å². The molecule has 2 rings (SSSR count). The third-order valence-corrected chi connectivity index (χ3v) is 2.14. The van der Waals surface area contributed by atoms with Gasteiger partial charge in [-0.15, -0.1) is 0 Å². The van der Waals surface area contributed by atoms with E-state index < -0.39 is 5.97 Å². The Hall–Kier alpha value is -1.36. The van der Waals surface area contributed by atoms with Crippen LogP contribution < -0.4 is 0 Å². The van der Waals surface area contributed by atoms with Crippen LogP contribution in [0.1, 0.15) is 10.4 Å². The van der Waals surface area contributed by atoms with Crippen LogP contribution in [-0.2, 0) is 0 Å². The normalized spacial score (nSPS) is 10.5. The molecule has 0 saturated carbocycles. The van der Waals surface area contributed by atoms with E-state index in [2.05, 4.69) is 21.0 Å². The van der Waals surface area contributed by atoms with Crippen molar-refractivity contribution < 1.29 is 9.90 Å². The second-order valence-corrected chi connectivity index (χ2v) is 3.45. The van der Waals surface area contributed by atoms with Gasteiger partial charge < -0.3 is 5.11 Å². The summed E-state index contributed by atoms with van der Waals surface area (Å²) in [6, 6.07) is 3.22. The van der Waals surface area contributed by atoms with Crippen LogP contribution in [-0.4, -0.2) is 20.7 Å². The van der Waals surface area contributed by atoms with Crippen molar-refractivity contribution in [2.45, 2.75) is 0 Å². The zero-order valence-electron chi connectivity index (χ0n) is 6.44. The van der Waals surface area contributed by atoms with Crippen LogP contribution >= 0.6 is 15.9 Å². The maximum absolute atomic E-state index is 10.8. The number of carbonyl (C=O) groups is 1. The minimum absolute atomic E-state index is 0.242. The van der Waals surface area contributed by atoms with Crippen LogP contribution in [0.15, 0.2) is 29.0 Å². The van der Waals surface area contributed by atoms with Crippen molar-refractivity contribution in [3.63, 3.8) is 0 Å². The van der Waals surface area contributed by atoms with Crippen molar-refractivity contribution in [1.29, 1.82) is 0 Å². The highest BCUT2D eigenvalue weighted by atomic mass is 79.9. The van der Waals surface area contributed by atoms with Gasteiger partial charge in [-0.25, -0.2) is 9.31 Å². The van der Waals surface area contributed by atoms with Crippen molar-refractivity contribution in [2.75, 3.05) is 0 Å². The molecule has 0 aliphatic carbocycles.